The second-order valence-corrected chi connectivity index (χ2v) is 5.06. The van der Waals surface area contributed by atoms with E-state index in [1.54, 1.807) is 0 Å². The molecule has 0 saturated carbocycles. The summed E-state index contributed by atoms with van der Waals surface area (Å²) in [7, 11) is 0. The van der Waals surface area contributed by atoms with Gasteiger partial charge in [-0.05, 0) is 49.2 Å². The van der Waals surface area contributed by atoms with Gasteiger partial charge in [0.1, 0.15) is 0 Å². The predicted octanol–water partition coefficient (Wildman–Crippen LogP) is 5.45. The number of ether oxygens (including phenoxy) is 2. The SMILES string of the molecule is CCC(=COCCC(C)COC=C(CC)CC)CC. The van der Waals surface area contributed by atoms with Crippen LogP contribution in [0.5, 0.6) is 0 Å². The van der Waals surface area contributed by atoms with Gasteiger partial charge in [0.05, 0.1) is 25.7 Å². The Morgan fingerprint density at radius 2 is 1.32 bits per heavy atom. The van der Waals surface area contributed by atoms with Crippen LogP contribution in [0, 0.1) is 5.92 Å². The normalized spacial score (nSPS) is 11.6. The fourth-order valence-electron chi connectivity index (χ4n) is 1.69. The van der Waals surface area contributed by atoms with Crippen LogP contribution in [0.15, 0.2) is 23.7 Å². The quantitative estimate of drug-likeness (QED) is 0.366. The zero-order valence-electron chi connectivity index (χ0n) is 13.5. The lowest BCUT2D eigenvalue weighted by atomic mass is 10.1. The van der Waals surface area contributed by atoms with Crippen molar-refractivity contribution in [2.24, 2.45) is 5.92 Å². The molecule has 0 aliphatic heterocycles. The molecule has 0 aromatic rings. The van der Waals surface area contributed by atoms with Crippen LogP contribution in [0.25, 0.3) is 0 Å². The molecule has 0 saturated heterocycles. The van der Waals surface area contributed by atoms with E-state index in [1.807, 2.05) is 12.5 Å². The number of allylic oxidation sites excluding steroid dienone is 2. The molecule has 0 radical (unpaired) electrons. The van der Waals surface area contributed by atoms with Crippen molar-refractivity contribution >= 4 is 0 Å². The zero-order chi connectivity index (χ0) is 14.5. The third kappa shape index (κ3) is 9.63. The van der Waals surface area contributed by atoms with E-state index in [9.17, 15) is 0 Å². The zero-order valence-corrected chi connectivity index (χ0v) is 13.5. The Morgan fingerprint density at radius 3 is 1.79 bits per heavy atom. The number of rotatable bonds is 11. The molecule has 1 unspecified atom stereocenters. The minimum absolute atomic E-state index is 0.534. The van der Waals surface area contributed by atoms with Gasteiger partial charge in [-0.15, -0.1) is 0 Å². The first kappa shape index (κ1) is 18.1. The van der Waals surface area contributed by atoms with Gasteiger partial charge in [-0.1, -0.05) is 34.6 Å². The molecule has 0 bridgehead atoms. The van der Waals surface area contributed by atoms with Crippen LogP contribution < -0.4 is 0 Å². The van der Waals surface area contributed by atoms with Crippen LogP contribution in [0.3, 0.4) is 0 Å². The van der Waals surface area contributed by atoms with E-state index in [4.69, 9.17) is 9.47 Å². The molecule has 112 valence electrons. The smallest absolute Gasteiger partial charge is 0.0900 e. The lowest BCUT2D eigenvalue weighted by molar-refractivity contribution is 0.161. The summed E-state index contributed by atoms with van der Waals surface area (Å²) in [6.07, 6.45) is 9.22. The van der Waals surface area contributed by atoms with E-state index >= 15 is 0 Å². The third-order valence-electron chi connectivity index (χ3n) is 3.43. The molecule has 0 aliphatic rings. The van der Waals surface area contributed by atoms with Crippen molar-refractivity contribution in [3.8, 4) is 0 Å². The largest absolute Gasteiger partial charge is 0.501 e. The summed E-state index contributed by atoms with van der Waals surface area (Å²) < 4.78 is 11.2. The van der Waals surface area contributed by atoms with Gasteiger partial charge in [0.15, 0.2) is 0 Å². The molecule has 2 heteroatoms. The van der Waals surface area contributed by atoms with Crippen molar-refractivity contribution in [3.63, 3.8) is 0 Å². The van der Waals surface area contributed by atoms with Gasteiger partial charge in [0, 0.05) is 0 Å². The van der Waals surface area contributed by atoms with Gasteiger partial charge >= 0.3 is 0 Å². The summed E-state index contributed by atoms with van der Waals surface area (Å²) in [6.45, 7) is 12.4. The van der Waals surface area contributed by atoms with Gasteiger partial charge < -0.3 is 9.47 Å². The fraction of sp³-hybridized carbons (Fsp3) is 0.765. The second-order valence-electron chi connectivity index (χ2n) is 5.06. The number of hydrogen-bond acceptors (Lipinski definition) is 2. The highest BCUT2D eigenvalue weighted by Crippen LogP contribution is 2.09. The highest BCUT2D eigenvalue weighted by atomic mass is 16.5. The highest BCUT2D eigenvalue weighted by Gasteiger charge is 2.02. The highest BCUT2D eigenvalue weighted by molar-refractivity contribution is 4.95. The van der Waals surface area contributed by atoms with E-state index in [-0.39, 0.29) is 0 Å². The maximum Gasteiger partial charge on any atom is 0.0900 e. The van der Waals surface area contributed by atoms with Gasteiger partial charge in [0.2, 0.25) is 0 Å². The Hall–Kier alpha value is -0.920. The van der Waals surface area contributed by atoms with Crippen molar-refractivity contribution in [1.29, 1.82) is 0 Å². The molecule has 1 atom stereocenters. The Balaban J connectivity index is 3.73. The van der Waals surface area contributed by atoms with Crippen molar-refractivity contribution < 1.29 is 9.47 Å². The molecule has 0 aromatic heterocycles. The van der Waals surface area contributed by atoms with Crippen LogP contribution in [-0.4, -0.2) is 13.2 Å². The van der Waals surface area contributed by atoms with Crippen molar-refractivity contribution in [3.05, 3.63) is 23.7 Å². The second kappa shape index (κ2) is 12.1. The fourth-order valence-corrected chi connectivity index (χ4v) is 1.69. The first-order valence-electron chi connectivity index (χ1n) is 7.76. The third-order valence-corrected chi connectivity index (χ3v) is 3.43. The molecule has 0 amide bonds. The van der Waals surface area contributed by atoms with Crippen LogP contribution in [0.1, 0.15) is 66.7 Å². The Kier molecular flexibility index (Phi) is 11.5. The van der Waals surface area contributed by atoms with Crippen molar-refractivity contribution in [2.45, 2.75) is 66.7 Å². The predicted molar refractivity (Wildman–Crippen MR) is 83.0 cm³/mol. The maximum atomic E-state index is 5.63. The monoisotopic (exact) mass is 268 g/mol. The molecule has 0 rings (SSSR count). The van der Waals surface area contributed by atoms with Crippen LogP contribution in [-0.2, 0) is 9.47 Å². The van der Waals surface area contributed by atoms with E-state index < -0.39 is 0 Å². The molecular formula is C17H32O2. The molecule has 0 aromatic carbocycles. The van der Waals surface area contributed by atoms with E-state index in [2.05, 4.69) is 34.6 Å². The van der Waals surface area contributed by atoms with E-state index in [0.29, 0.717) is 5.92 Å². The number of hydrogen-bond donors (Lipinski definition) is 0. The Labute approximate surface area is 119 Å². The molecule has 0 fully saturated rings. The summed E-state index contributed by atoms with van der Waals surface area (Å²) in [5.74, 6) is 0.534. The van der Waals surface area contributed by atoms with Gasteiger partial charge in [-0.3, -0.25) is 0 Å². The average molecular weight is 268 g/mol. The molecule has 2 nitrogen and oxygen atoms in total. The summed E-state index contributed by atoms with van der Waals surface area (Å²) in [5, 5.41) is 0. The summed E-state index contributed by atoms with van der Waals surface area (Å²) in [6, 6.07) is 0. The van der Waals surface area contributed by atoms with Crippen molar-refractivity contribution in [2.75, 3.05) is 13.2 Å². The summed E-state index contributed by atoms with van der Waals surface area (Å²) in [5.41, 5.74) is 2.75. The molecule has 0 spiro atoms. The standard InChI is InChI=1S/C17H32O2/c1-6-16(7-2)13-18-11-10-15(5)12-19-14-17(8-3)9-4/h13-15H,6-12H2,1-5H3. The van der Waals surface area contributed by atoms with Crippen molar-refractivity contribution in [1.82, 2.24) is 0 Å². The lowest BCUT2D eigenvalue weighted by Gasteiger charge is -2.12. The van der Waals surface area contributed by atoms with Gasteiger partial charge in [-0.25, -0.2) is 0 Å². The van der Waals surface area contributed by atoms with Crippen LogP contribution >= 0.6 is 0 Å². The molecule has 0 N–H and O–H groups in total. The Bertz CT molecular complexity index is 254. The maximum absolute atomic E-state index is 5.63. The van der Waals surface area contributed by atoms with Crippen LogP contribution in [0.4, 0.5) is 0 Å². The average Bonchev–Trinajstić information content (AvgIpc) is 2.44. The van der Waals surface area contributed by atoms with E-state index in [0.717, 1.165) is 45.3 Å². The summed E-state index contributed by atoms with van der Waals surface area (Å²) >= 11 is 0. The summed E-state index contributed by atoms with van der Waals surface area (Å²) in [4.78, 5) is 0. The minimum Gasteiger partial charge on any atom is -0.501 e. The Morgan fingerprint density at radius 1 is 0.842 bits per heavy atom. The minimum atomic E-state index is 0.534. The van der Waals surface area contributed by atoms with Crippen LogP contribution in [0.2, 0.25) is 0 Å². The first-order chi connectivity index (χ1) is 9.17. The molecule has 19 heavy (non-hydrogen) atoms. The molecule has 0 heterocycles. The van der Waals surface area contributed by atoms with Gasteiger partial charge in [0.25, 0.3) is 0 Å². The van der Waals surface area contributed by atoms with Gasteiger partial charge in [-0.2, -0.15) is 0 Å². The lowest BCUT2D eigenvalue weighted by Crippen LogP contribution is -2.06. The first-order valence-corrected chi connectivity index (χ1v) is 7.76. The molecular weight excluding hydrogens is 236 g/mol. The molecule has 0 aliphatic carbocycles. The topological polar surface area (TPSA) is 18.5 Å². The van der Waals surface area contributed by atoms with E-state index in [1.165, 1.54) is 11.1 Å².